The van der Waals surface area contributed by atoms with Gasteiger partial charge in [0.25, 0.3) is 0 Å². The summed E-state index contributed by atoms with van der Waals surface area (Å²) in [5, 5.41) is 14.1. The van der Waals surface area contributed by atoms with Crippen LogP contribution in [0.5, 0.6) is 0 Å². The van der Waals surface area contributed by atoms with Crippen molar-refractivity contribution >= 4 is 15.9 Å². The van der Waals surface area contributed by atoms with E-state index in [1.54, 1.807) is 0 Å². The molecule has 4 heteroatoms. The lowest BCUT2D eigenvalue weighted by Gasteiger charge is -2.14. The van der Waals surface area contributed by atoms with E-state index in [1.165, 1.54) is 11.3 Å². The number of hydrogen-bond donors (Lipinski definition) is 1. The maximum absolute atomic E-state index is 9.63. The van der Waals surface area contributed by atoms with Crippen LogP contribution in [0.25, 0.3) is 0 Å². The first-order chi connectivity index (χ1) is 9.62. The van der Waals surface area contributed by atoms with Crippen LogP contribution in [-0.2, 0) is 26.3 Å². The number of benzene rings is 1. The molecular weight excluding hydrogens is 316 g/mol. The molecule has 0 aliphatic rings. The summed E-state index contributed by atoms with van der Waals surface area (Å²) < 4.78 is 3.02. The Morgan fingerprint density at radius 1 is 1.30 bits per heavy atom. The van der Waals surface area contributed by atoms with Gasteiger partial charge in [-0.1, -0.05) is 35.0 Å². The molecule has 0 spiro atoms. The first-order valence-electron chi connectivity index (χ1n) is 6.99. The predicted octanol–water partition coefficient (Wildman–Crippen LogP) is 3.14. The molecule has 1 heterocycles. The Labute approximate surface area is 128 Å². The predicted molar refractivity (Wildman–Crippen MR) is 84.7 cm³/mol. The maximum atomic E-state index is 9.63. The molecule has 0 aliphatic carbocycles. The van der Waals surface area contributed by atoms with E-state index in [-0.39, 0.29) is 12.5 Å². The largest absolute Gasteiger partial charge is 0.396 e. The van der Waals surface area contributed by atoms with Gasteiger partial charge in [0.1, 0.15) is 0 Å². The molecule has 1 N–H and O–H groups in total. The van der Waals surface area contributed by atoms with Crippen molar-refractivity contribution in [1.29, 1.82) is 0 Å². The number of aliphatic hydroxyl groups excluding tert-OH is 1. The lowest BCUT2D eigenvalue weighted by Crippen LogP contribution is -2.15. The second kappa shape index (κ2) is 7.04. The molecule has 3 nitrogen and oxygen atoms in total. The summed E-state index contributed by atoms with van der Waals surface area (Å²) in [6.45, 7) is 2.30. The van der Waals surface area contributed by atoms with Crippen LogP contribution in [0.15, 0.2) is 34.8 Å². The van der Waals surface area contributed by atoms with Gasteiger partial charge in [-0.25, -0.2) is 0 Å². The van der Waals surface area contributed by atoms with E-state index in [0.29, 0.717) is 0 Å². The minimum Gasteiger partial charge on any atom is -0.396 e. The second-order valence-corrected chi connectivity index (χ2v) is 6.11. The van der Waals surface area contributed by atoms with Gasteiger partial charge >= 0.3 is 0 Å². The van der Waals surface area contributed by atoms with E-state index >= 15 is 0 Å². The zero-order valence-electron chi connectivity index (χ0n) is 12.0. The molecule has 1 unspecified atom stereocenters. The highest BCUT2D eigenvalue weighted by Crippen LogP contribution is 2.18. The molecule has 0 aliphatic heterocycles. The number of hydrogen-bond acceptors (Lipinski definition) is 2. The molecule has 1 aromatic carbocycles. The summed E-state index contributed by atoms with van der Waals surface area (Å²) >= 11 is 3.49. The molecule has 1 atom stereocenters. The molecule has 2 rings (SSSR count). The summed E-state index contributed by atoms with van der Waals surface area (Å²) in [5.74, 6) is 0.226. The third kappa shape index (κ3) is 3.93. The van der Waals surface area contributed by atoms with E-state index in [0.717, 1.165) is 29.4 Å². The maximum Gasteiger partial charge on any atom is 0.0624 e. The quantitative estimate of drug-likeness (QED) is 0.879. The molecule has 1 aromatic heterocycles. The topological polar surface area (TPSA) is 38.0 Å². The van der Waals surface area contributed by atoms with E-state index in [2.05, 4.69) is 46.2 Å². The van der Waals surface area contributed by atoms with Crippen molar-refractivity contribution in [3.05, 3.63) is 51.8 Å². The third-order valence-electron chi connectivity index (χ3n) is 3.56. The van der Waals surface area contributed by atoms with E-state index in [4.69, 9.17) is 0 Å². The van der Waals surface area contributed by atoms with Gasteiger partial charge in [0.05, 0.1) is 5.69 Å². The first kappa shape index (κ1) is 15.3. The number of aryl methyl sites for hydroxylation is 2. The van der Waals surface area contributed by atoms with Crippen LogP contribution in [0, 0.1) is 5.92 Å². The number of nitrogens with zero attached hydrogens (tertiary/aromatic N) is 2. The third-order valence-corrected chi connectivity index (χ3v) is 4.05. The molecule has 0 fully saturated rings. The molecule has 20 heavy (non-hydrogen) atoms. The van der Waals surface area contributed by atoms with Crippen LogP contribution < -0.4 is 0 Å². The van der Waals surface area contributed by atoms with Crippen LogP contribution in [0.4, 0.5) is 0 Å². The SMILES string of the molecule is CCc1cc(CC(CO)Cc2cccc(Br)c2)n(C)n1. The van der Waals surface area contributed by atoms with Gasteiger partial charge in [0.15, 0.2) is 0 Å². The highest BCUT2D eigenvalue weighted by Gasteiger charge is 2.13. The summed E-state index contributed by atoms with van der Waals surface area (Å²) in [5.41, 5.74) is 3.55. The van der Waals surface area contributed by atoms with E-state index < -0.39 is 0 Å². The molecule has 108 valence electrons. The first-order valence-corrected chi connectivity index (χ1v) is 7.78. The Bertz CT molecular complexity index is 565. The van der Waals surface area contributed by atoms with Crippen LogP contribution in [0.3, 0.4) is 0 Å². The fourth-order valence-electron chi connectivity index (χ4n) is 2.43. The molecule has 0 amide bonds. The minimum absolute atomic E-state index is 0.194. The van der Waals surface area contributed by atoms with Crippen molar-refractivity contribution in [3.8, 4) is 0 Å². The Morgan fingerprint density at radius 2 is 2.10 bits per heavy atom. The molecule has 0 saturated heterocycles. The van der Waals surface area contributed by atoms with Gasteiger partial charge < -0.3 is 5.11 Å². The van der Waals surface area contributed by atoms with E-state index in [9.17, 15) is 5.11 Å². The van der Waals surface area contributed by atoms with Crippen molar-refractivity contribution in [2.24, 2.45) is 13.0 Å². The lowest BCUT2D eigenvalue weighted by atomic mass is 9.95. The summed E-state index contributed by atoms with van der Waals surface area (Å²) in [6, 6.07) is 10.4. The number of rotatable bonds is 6. The second-order valence-electron chi connectivity index (χ2n) is 5.19. The normalized spacial score (nSPS) is 12.6. The molecule has 0 saturated carbocycles. The Kier molecular flexibility index (Phi) is 5.38. The molecule has 2 aromatic rings. The van der Waals surface area contributed by atoms with Crippen LogP contribution in [0.2, 0.25) is 0 Å². The van der Waals surface area contributed by atoms with Crippen LogP contribution >= 0.6 is 15.9 Å². The number of aromatic nitrogens is 2. The number of aliphatic hydroxyl groups is 1. The minimum atomic E-state index is 0.194. The summed E-state index contributed by atoms with van der Waals surface area (Å²) in [7, 11) is 1.97. The highest BCUT2D eigenvalue weighted by atomic mass is 79.9. The zero-order chi connectivity index (χ0) is 14.5. The Hall–Kier alpha value is -1.13. The van der Waals surface area contributed by atoms with Gasteiger partial charge in [-0.2, -0.15) is 5.10 Å². The van der Waals surface area contributed by atoms with E-state index in [1.807, 2.05) is 23.9 Å². The summed E-state index contributed by atoms with van der Waals surface area (Å²) in [6.07, 6.45) is 2.68. The average Bonchev–Trinajstić information content (AvgIpc) is 2.78. The van der Waals surface area contributed by atoms with Gasteiger partial charge in [-0.3, -0.25) is 4.68 Å². The van der Waals surface area contributed by atoms with Crippen LogP contribution in [-0.4, -0.2) is 21.5 Å². The Balaban J connectivity index is 2.06. The van der Waals surface area contributed by atoms with Crippen molar-refractivity contribution in [2.45, 2.75) is 26.2 Å². The van der Waals surface area contributed by atoms with Crippen LogP contribution in [0.1, 0.15) is 23.9 Å². The molecule has 0 bridgehead atoms. The fourth-order valence-corrected chi connectivity index (χ4v) is 2.88. The standard InChI is InChI=1S/C16H21BrN2O/c1-3-15-10-16(19(2)18-15)9-13(11-20)7-12-5-4-6-14(17)8-12/h4-6,8,10,13,20H,3,7,9,11H2,1-2H3. The molecular formula is C16H21BrN2O. The van der Waals surface area contributed by atoms with Gasteiger partial charge in [-0.05, 0) is 48.9 Å². The summed E-state index contributed by atoms with van der Waals surface area (Å²) in [4.78, 5) is 0. The lowest BCUT2D eigenvalue weighted by molar-refractivity contribution is 0.223. The van der Waals surface area contributed by atoms with Crippen molar-refractivity contribution in [3.63, 3.8) is 0 Å². The van der Waals surface area contributed by atoms with Crippen molar-refractivity contribution < 1.29 is 5.11 Å². The monoisotopic (exact) mass is 336 g/mol. The Morgan fingerprint density at radius 3 is 2.70 bits per heavy atom. The fraction of sp³-hybridized carbons (Fsp3) is 0.438. The van der Waals surface area contributed by atoms with Gasteiger partial charge in [0.2, 0.25) is 0 Å². The average molecular weight is 337 g/mol. The van der Waals surface area contributed by atoms with Gasteiger partial charge in [0, 0.05) is 23.8 Å². The van der Waals surface area contributed by atoms with Crippen molar-refractivity contribution in [1.82, 2.24) is 9.78 Å². The molecule has 0 radical (unpaired) electrons. The highest BCUT2D eigenvalue weighted by molar-refractivity contribution is 9.10. The van der Waals surface area contributed by atoms with Gasteiger partial charge in [-0.15, -0.1) is 0 Å². The van der Waals surface area contributed by atoms with Crippen molar-refractivity contribution in [2.75, 3.05) is 6.61 Å². The zero-order valence-corrected chi connectivity index (χ0v) is 13.6. The number of halogens is 1. The smallest absolute Gasteiger partial charge is 0.0624 e.